The average Bonchev–Trinajstić information content (AvgIpc) is 2.85. The zero-order chi connectivity index (χ0) is 22.6. The highest BCUT2D eigenvalue weighted by Gasteiger charge is 2.34. The number of halogens is 2. The van der Waals surface area contributed by atoms with Gasteiger partial charge in [-0.15, -0.1) is 12.4 Å². The van der Waals surface area contributed by atoms with Gasteiger partial charge in [0, 0.05) is 55.5 Å². The van der Waals surface area contributed by atoms with Gasteiger partial charge in [0.25, 0.3) is 0 Å². The standard InChI is InChI=1S/C28H46BrN3.ClH/c1-4-15-30-18-20-32(21-19-30)27-8-7-25(31-16-11-24(29)12-17-31)22-26(27)23-9-13-28(5-2,6-3)14-10-23;/h7-8,22-24H,4-6,9-21H2,1-3H3;1H. The van der Waals surface area contributed by atoms with Crippen molar-refractivity contribution in [2.24, 2.45) is 5.41 Å². The van der Waals surface area contributed by atoms with Gasteiger partial charge in [-0.3, -0.25) is 4.90 Å². The van der Waals surface area contributed by atoms with Crippen molar-refractivity contribution in [1.82, 2.24) is 4.90 Å². The van der Waals surface area contributed by atoms with Crippen molar-refractivity contribution in [2.75, 3.05) is 55.6 Å². The Hall–Kier alpha value is -0.450. The zero-order valence-corrected chi connectivity index (χ0v) is 23.7. The highest BCUT2D eigenvalue weighted by Crippen LogP contribution is 2.49. The maximum atomic E-state index is 3.83. The SMILES string of the molecule is CCCN1CCN(c2ccc(N3CCC(Br)CC3)cc2C2CCC(CC)(CC)CC2)CC1.Cl. The van der Waals surface area contributed by atoms with Gasteiger partial charge in [0.2, 0.25) is 0 Å². The van der Waals surface area contributed by atoms with E-state index in [4.69, 9.17) is 0 Å². The Morgan fingerprint density at radius 1 is 0.848 bits per heavy atom. The molecule has 0 N–H and O–H groups in total. The minimum Gasteiger partial charge on any atom is -0.371 e. The van der Waals surface area contributed by atoms with Gasteiger partial charge in [-0.05, 0) is 86.6 Å². The topological polar surface area (TPSA) is 9.72 Å². The lowest BCUT2D eigenvalue weighted by Gasteiger charge is -2.42. The molecule has 2 heterocycles. The molecule has 0 bridgehead atoms. The van der Waals surface area contributed by atoms with Crippen LogP contribution in [0.25, 0.3) is 0 Å². The summed E-state index contributed by atoms with van der Waals surface area (Å²) in [4.78, 5) is 8.69. The quantitative estimate of drug-likeness (QED) is 0.332. The van der Waals surface area contributed by atoms with E-state index in [1.807, 2.05) is 0 Å². The van der Waals surface area contributed by atoms with Crippen LogP contribution in [0.1, 0.15) is 90.0 Å². The minimum absolute atomic E-state index is 0. The molecule has 0 radical (unpaired) electrons. The maximum Gasteiger partial charge on any atom is 0.0404 e. The van der Waals surface area contributed by atoms with Crippen LogP contribution in [0.15, 0.2) is 18.2 Å². The molecular formula is C28H47BrClN3. The molecule has 3 aliphatic rings. The molecule has 0 spiro atoms. The molecule has 5 heteroatoms. The van der Waals surface area contributed by atoms with Crippen molar-refractivity contribution < 1.29 is 0 Å². The molecule has 2 saturated heterocycles. The minimum atomic E-state index is 0. The Labute approximate surface area is 218 Å². The van der Waals surface area contributed by atoms with Crippen molar-refractivity contribution in [3.63, 3.8) is 0 Å². The third-order valence-corrected chi connectivity index (χ3v) is 9.96. The smallest absolute Gasteiger partial charge is 0.0404 e. The Bertz CT molecular complexity index is 712. The highest BCUT2D eigenvalue weighted by molar-refractivity contribution is 9.09. The first kappa shape index (κ1) is 27.1. The molecule has 0 aromatic heterocycles. The molecule has 33 heavy (non-hydrogen) atoms. The average molecular weight is 541 g/mol. The number of rotatable bonds is 7. The van der Waals surface area contributed by atoms with E-state index < -0.39 is 0 Å². The molecule has 2 aliphatic heterocycles. The number of piperazine rings is 1. The summed E-state index contributed by atoms with van der Waals surface area (Å²) in [6.45, 7) is 15.6. The van der Waals surface area contributed by atoms with Crippen molar-refractivity contribution >= 4 is 39.7 Å². The predicted octanol–water partition coefficient (Wildman–Crippen LogP) is 7.47. The number of nitrogens with zero attached hydrogens (tertiary/aromatic N) is 3. The highest BCUT2D eigenvalue weighted by atomic mass is 79.9. The first-order valence-electron chi connectivity index (χ1n) is 13.6. The summed E-state index contributed by atoms with van der Waals surface area (Å²) >= 11 is 3.83. The molecule has 188 valence electrons. The third-order valence-electron chi connectivity index (χ3n) is 9.04. The third kappa shape index (κ3) is 6.41. The lowest BCUT2D eigenvalue weighted by Crippen LogP contribution is -2.47. The molecule has 0 unspecified atom stereocenters. The number of hydrogen-bond donors (Lipinski definition) is 0. The van der Waals surface area contributed by atoms with Crippen LogP contribution in [0.2, 0.25) is 0 Å². The monoisotopic (exact) mass is 539 g/mol. The van der Waals surface area contributed by atoms with Crippen LogP contribution in [-0.2, 0) is 0 Å². The maximum absolute atomic E-state index is 3.83. The molecule has 1 aromatic rings. The summed E-state index contributed by atoms with van der Waals surface area (Å²) in [6.07, 6.45) is 12.1. The normalized spacial score (nSPS) is 22.9. The van der Waals surface area contributed by atoms with Gasteiger partial charge < -0.3 is 9.80 Å². The van der Waals surface area contributed by atoms with Gasteiger partial charge >= 0.3 is 0 Å². The van der Waals surface area contributed by atoms with Gasteiger partial charge in [-0.2, -0.15) is 0 Å². The van der Waals surface area contributed by atoms with Crippen LogP contribution in [0.3, 0.4) is 0 Å². The van der Waals surface area contributed by atoms with Gasteiger partial charge in [0.05, 0.1) is 0 Å². The number of hydrogen-bond acceptors (Lipinski definition) is 3. The summed E-state index contributed by atoms with van der Waals surface area (Å²) in [5, 5.41) is 0. The first-order chi connectivity index (χ1) is 15.6. The second-order valence-electron chi connectivity index (χ2n) is 10.7. The molecule has 1 aliphatic carbocycles. The van der Waals surface area contributed by atoms with Gasteiger partial charge in [-0.1, -0.05) is 49.5 Å². The van der Waals surface area contributed by atoms with E-state index in [0.717, 1.165) is 5.92 Å². The van der Waals surface area contributed by atoms with Crippen molar-refractivity contribution in [1.29, 1.82) is 0 Å². The van der Waals surface area contributed by atoms with Crippen LogP contribution in [-0.4, -0.2) is 55.5 Å². The molecule has 1 aromatic carbocycles. The van der Waals surface area contributed by atoms with Gasteiger partial charge in [-0.25, -0.2) is 0 Å². The summed E-state index contributed by atoms with van der Waals surface area (Å²) in [5.74, 6) is 0.735. The number of alkyl halides is 1. The van der Waals surface area contributed by atoms with Gasteiger partial charge in [0.1, 0.15) is 0 Å². The molecular weight excluding hydrogens is 494 g/mol. The van der Waals surface area contributed by atoms with Crippen molar-refractivity contribution in [3.8, 4) is 0 Å². The summed E-state index contributed by atoms with van der Waals surface area (Å²) in [6, 6.07) is 7.52. The summed E-state index contributed by atoms with van der Waals surface area (Å²) < 4.78 is 0. The van der Waals surface area contributed by atoms with Crippen LogP contribution in [0, 0.1) is 5.41 Å². The fourth-order valence-corrected chi connectivity index (χ4v) is 6.90. The number of anilines is 2. The van der Waals surface area contributed by atoms with Crippen LogP contribution < -0.4 is 9.80 Å². The van der Waals surface area contributed by atoms with Gasteiger partial charge in [0.15, 0.2) is 0 Å². The van der Waals surface area contributed by atoms with Crippen LogP contribution >= 0.6 is 28.3 Å². The Kier molecular flexibility index (Phi) is 10.3. The Morgan fingerprint density at radius 3 is 2.06 bits per heavy atom. The predicted molar refractivity (Wildman–Crippen MR) is 151 cm³/mol. The van der Waals surface area contributed by atoms with E-state index in [0.29, 0.717) is 10.2 Å². The Morgan fingerprint density at radius 2 is 1.48 bits per heavy atom. The van der Waals surface area contributed by atoms with E-state index in [2.05, 4.69) is 69.6 Å². The molecule has 3 fully saturated rings. The molecule has 1 saturated carbocycles. The lowest BCUT2D eigenvalue weighted by atomic mass is 9.66. The molecule has 4 rings (SSSR count). The fourth-order valence-electron chi connectivity index (χ4n) is 6.49. The van der Waals surface area contributed by atoms with E-state index in [1.54, 1.807) is 11.3 Å². The molecule has 0 atom stereocenters. The van der Waals surface area contributed by atoms with E-state index in [-0.39, 0.29) is 12.4 Å². The van der Waals surface area contributed by atoms with E-state index in [1.165, 1.54) is 109 Å². The number of piperidine rings is 1. The largest absolute Gasteiger partial charge is 0.371 e. The summed E-state index contributed by atoms with van der Waals surface area (Å²) in [5.41, 5.74) is 5.28. The molecule has 3 nitrogen and oxygen atoms in total. The van der Waals surface area contributed by atoms with Crippen LogP contribution in [0.4, 0.5) is 11.4 Å². The fraction of sp³-hybridized carbons (Fsp3) is 0.786. The van der Waals surface area contributed by atoms with E-state index >= 15 is 0 Å². The second kappa shape index (κ2) is 12.5. The Balaban J connectivity index is 0.00000306. The van der Waals surface area contributed by atoms with E-state index in [9.17, 15) is 0 Å². The first-order valence-corrected chi connectivity index (χ1v) is 14.5. The summed E-state index contributed by atoms with van der Waals surface area (Å²) in [7, 11) is 0. The van der Waals surface area contributed by atoms with Crippen LogP contribution in [0.5, 0.6) is 0 Å². The lowest BCUT2D eigenvalue weighted by molar-refractivity contribution is 0.159. The number of benzene rings is 1. The van der Waals surface area contributed by atoms with Crippen molar-refractivity contribution in [3.05, 3.63) is 23.8 Å². The molecule has 0 amide bonds. The second-order valence-corrected chi connectivity index (χ2v) is 12.0. The zero-order valence-electron chi connectivity index (χ0n) is 21.3. The van der Waals surface area contributed by atoms with Crippen molar-refractivity contribution in [2.45, 2.75) is 89.3 Å².